The minimum absolute atomic E-state index is 0.181. The lowest BCUT2D eigenvalue weighted by Gasteiger charge is -2.05. The lowest BCUT2D eigenvalue weighted by atomic mass is 10.1. The number of nitrogen functional groups attached to an aromatic ring is 1. The standard InChI is InChI=1S/C13H15ClN4O/c1-7(2)11-10(15)12(18-17-11)13(19)16-9-5-3-4-8(14)6-9/h3-7H,15H2,1-2H3,(H,16,19)(H,17,18). The molecule has 2 rings (SSSR count). The van der Waals surface area contributed by atoms with Crippen molar-refractivity contribution in [2.75, 3.05) is 11.1 Å². The summed E-state index contributed by atoms with van der Waals surface area (Å²) >= 11 is 5.85. The van der Waals surface area contributed by atoms with Crippen LogP contribution in [0.15, 0.2) is 24.3 Å². The molecule has 0 saturated heterocycles. The van der Waals surface area contributed by atoms with Gasteiger partial charge in [0, 0.05) is 10.7 Å². The van der Waals surface area contributed by atoms with E-state index in [1.165, 1.54) is 0 Å². The van der Waals surface area contributed by atoms with Gasteiger partial charge in [0.15, 0.2) is 5.69 Å². The van der Waals surface area contributed by atoms with Gasteiger partial charge in [-0.3, -0.25) is 9.89 Å². The molecule has 19 heavy (non-hydrogen) atoms. The fraction of sp³-hybridized carbons (Fsp3) is 0.231. The van der Waals surface area contributed by atoms with Crippen LogP contribution < -0.4 is 11.1 Å². The van der Waals surface area contributed by atoms with Crippen molar-refractivity contribution in [2.24, 2.45) is 0 Å². The molecule has 1 heterocycles. The minimum atomic E-state index is -0.358. The molecule has 0 bridgehead atoms. The van der Waals surface area contributed by atoms with Crippen molar-refractivity contribution >= 4 is 28.9 Å². The first-order valence-corrected chi connectivity index (χ1v) is 6.27. The van der Waals surface area contributed by atoms with Crippen molar-refractivity contribution in [1.82, 2.24) is 10.2 Å². The number of benzene rings is 1. The molecule has 0 aliphatic rings. The fourth-order valence-electron chi connectivity index (χ4n) is 1.73. The van der Waals surface area contributed by atoms with Crippen molar-refractivity contribution in [3.05, 3.63) is 40.7 Å². The quantitative estimate of drug-likeness (QED) is 0.807. The first kappa shape index (κ1) is 13.4. The Hall–Kier alpha value is -2.01. The van der Waals surface area contributed by atoms with Gasteiger partial charge in [0.05, 0.1) is 11.4 Å². The van der Waals surface area contributed by atoms with Crippen molar-refractivity contribution in [1.29, 1.82) is 0 Å². The number of nitrogens with one attached hydrogen (secondary N) is 2. The number of hydrogen-bond donors (Lipinski definition) is 3. The summed E-state index contributed by atoms with van der Waals surface area (Å²) < 4.78 is 0. The van der Waals surface area contributed by atoms with Gasteiger partial charge in [-0.15, -0.1) is 0 Å². The van der Waals surface area contributed by atoms with Crippen LogP contribution >= 0.6 is 11.6 Å². The van der Waals surface area contributed by atoms with E-state index in [1.54, 1.807) is 24.3 Å². The number of carbonyl (C=O) groups is 1. The highest BCUT2D eigenvalue weighted by atomic mass is 35.5. The zero-order valence-corrected chi connectivity index (χ0v) is 11.5. The second-order valence-electron chi connectivity index (χ2n) is 4.52. The molecule has 0 unspecified atom stereocenters. The zero-order chi connectivity index (χ0) is 14.0. The number of aromatic amines is 1. The van der Waals surface area contributed by atoms with Gasteiger partial charge < -0.3 is 11.1 Å². The molecule has 0 fully saturated rings. The molecule has 0 aliphatic heterocycles. The van der Waals surface area contributed by atoms with E-state index < -0.39 is 0 Å². The molecule has 1 aromatic carbocycles. The lowest BCUT2D eigenvalue weighted by Crippen LogP contribution is -2.14. The molecular weight excluding hydrogens is 264 g/mol. The van der Waals surface area contributed by atoms with Crippen LogP contribution in [0.2, 0.25) is 5.02 Å². The van der Waals surface area contributed by atoms with Gasteiger partial charge in [-0.2, -0.15) is 5.10 Å². The Bertz CT molecular complexity index is 606. The van der Waals surface area contributed by atoms with E-state index >= 15 is 0 Å². The van der Waals surface area contributed by atoms with Gasteiger partial charge >= 0.3 is 0 Å². The highest BCUT2D eigenvalue weighted by Crippen LogP contribution is 2.23. The third kappa shape index (κ3) is 2.88. The molecule has 0 aliphatic carbocycles. The molecular formula is C13H15ClN4O. The Morgan fingerprint density at radius 3 is 2.79 bits per heavy atom. The molecule has 0 spiro atoms. The first-order valence-electron chi connectivity index (χ1n) is 5.89. The Balaban J connectivity index is 2.21. The van der Waals surface area contributed by atoms with Crippen LogP contribution in [0.3, 0.4) is 0 Å². The van der Waals surface area contributed by atoms with Crippen molar-refractivity contribution in [3.8, 4) is 0 Å². The molecule has 0 radical (unpaired) electrons. The summed E-state index contributed by atoms with van der Waals surface area (Å²) in [5, 5.41) is 10.0. The van der Waals surface area contributed by atoms with Gasteiger partial charge in [0.1, 0.15) is 0 Å². The van der Waals surface area contributed by atoms with Gasteiger partial charge in [0.2, 0.25) is 0 Å². The van der Waals surface area contributed by atoms with Gasteiger partial charge in [-0.25, -0.2) is 0 Å². The Morgan fingerprint density at radius 1 is 1.47 bits per heavy atom. The summed E-state index contributed by atoms with van der Waals surface area (Å²) in [5.74, 6) is -0.178. The van der Waals surface area contributed by atoms with Gasteiger partial charge in [0.25, 0.3) is 5.91 Å². The number of hydrogen-bond acceptors (Lipinski definition) is 3. The number of nitrogens with zero attached hydrogens (tertiary/aromatic N) is 1. The lowest BCUT2D eigenvalue weighted by molar-refractivity contribution is 0.102. The van der Waals surface area contributed by atoms with Crippen LogP contribution in [0.4, 0.5) is 11.4 Å². The molecule has 100 valence electrons. The Kier molecular flexibility index (Phi) is 3.76. The number of rotatable bonds is 3. The van der Waals surface area contributed by atoms with Crippen molar-refractivity contribution in [3.63, 3.8) is 0 Å². The van der Waals surface area contributed by atoms with Crippen LogP contribution in [0, 0.1) is 0 Å². The average Bonchev–Trinajstić information content (AvgIpc) is 2.71. The van der Waals surface area contributed by atoms with Gasteiger partial charge in [-0.05, 0) is 24.1 Å². The maximum absolute atomic E-state index is 12.1. The monoisotopic (exact) mass is 278 g/mol. The van der Waals surface area contributed by atoms with E-state index in [0.29, 0.717) is 16.4 Å². The largest absolute Gasteiger partial charge is 0.395 e. The highest BCUT2D eigenvalue weighted by molar-refractivity contribution is 6.31. The Labute approximate surface area is 116 Å². The highest BCUT2D eigenvalue weighted by Gasteiger charge is 2.18. The number of carbonyl (C=O) groups excluding carboxylic acids is 1. The van der Waals surface area contributed by atoms with E-state index in [9.17, 15) is 4.79 Å². The first-order chi connectivity index (χ1) is 8.99. The van der Waals surface area contributed by atoms with E-state index in [1.807, 2.05) is 13.8 Å². The van der Waals surface area contributed by atoms with E-state index in [0.717, 1.165) is 5.69 Å². The summed E-state index contributed by atoms with van der Waals surface area (Å²) in [6.45, 7) is 3.95. The van der Waals surface area contributed by atoms with Crippen LogP contribution in [0.25, 0.3) is 0 Å². The Morgan fingerprint density at radius 2 is 2.21 bits per heavy atom. The van der Waals surface area contributed by atoms with Crippen LogP contribution in [0.1, 0.15) is 35.9 Å². The molecule has 0 saturated carbocycles. The van der Waals surface area contributed by atoms with E-state index in [4.69, 9.17) is 17.3 Å². The second kappa shape index (κ2) is 5.32. The minimum Gasteiger partial charge on any atom is -0.395 e. The smallest absolute Gasteiger partial charge is 0.278 e. The van der Waals surface area contributed by atoms with E-state index in [-0.39, 0.29) is 17.5 Å². The van der Waals surface area contributed by atoms with Crippen molar-refractivity contribution < 1.29 is 4.79 Å². The SMILES string of the molecule is CC(C)c1[nH]nc(C(=O)Nc2cccc(Cl)c2)c1N. The van der Waals surface area contributed by atoms with Gasteiger partial charge in [-0.1, -0.05) is 31.5 Å². The summed E-state index contributed by atoms with van der Waals surface area (Å²) in [5.41, 5.74) is 7.85. The molecule has 4 N–H and O–H groups in total. The normalized spacial score (nSPS) is 10.7. The maximum atomic E-state index is 12.1. The summed E-state index contributed by atoms with van der Waals surface area (Å²) in [6, 6.07) is 6.89. The number of aromatic nitrogens is 2. The number of anilines is 2. The predicted molar refractivity (Wildman–Crippen MR) is 76.5 cm³/mol. The molecule has 0 atom stereocenters. The van der Waals surface area contributed by atoms with Crippen LogP contribution in [-0.4, -0.2) is 16.1 Å². The summed E-state index contributed by atoms with van der Waals surface area (Å²) in [6.07, 6.45) is 0. The predicted octanol–water partition coefficient (Wildman–Crippen LogP) is 3.02. The topological polar surface area (TPSA) is 83.8 Å². The molecule has 5 nitrogen and oxygen atoms in total. The molecule has 1 amide bonds. The summed E-state index contributed by atoms with van der Waals surface area (Å²) in [4.78, 5) is 12.1. The number of H-pyrrole nitrogens is 1. The molecule has 1 aromatic heterocycles. The number of amides is 1. The van der Waals surface area contributed by atoms with E-state index in [2.05, 4.69) is 15.5 Å². The second-order valence-corrected chi connectivity index (χ2v) is 4.96. The summed E-state index contributed by atoms with van der Waals surface area (Å²) in [7, 11) is 0. The number of halogens is 1. The van der Waals surface area contributed by atoms with Crippen LogP contribution in [-0.2, 0) is 0 Å². The third-order valence-electron chi connectivity index (χ3n) is 2.71. The zero-order valence-electron chi connectivity index (χ0n) is 10.7. The maximum Gasteiger partial charge on any atom is 0.278 e. The third-order valence-corrected chi connectivity index (χ3v) is 2.94. The number of nitrogens with two attached hydrogens (primary N) is 1. The average molecular weight is 279 g/mol. The molecule has 2 aromatic rings. The van der Waals surface area contributed by atoms with Crippen molar-refractivity contribution in [2.45, 2.75) is 19.8 Å². The fourth-order valence-corrected chi connectivity index (χ4v) is 1.92. The van der Waals surface area contributed by atoms with Crippen LogP contribution in [0.5, 0.6) is 0 Å². The molecule has 6 heteroatoms.